The molecule has 86 valence electrons. The lowest BCUT2D eigenvalue weighted by Gasteiger charge is -2.14. The van der Waals surface area contributed by atoms with Crippen LogP contribution in [0.3, 0.4) is 0 Å². The summed E-state index contributed by atoms with van der Waals surface area (Å²) in [5.41, 5.74) is 3.89. The molecule has 1 aromatic carbocycles. The molecule has 0 radical (unpaired) electrons. The molecule has 16 heavy (non-hydrogen) atoms. The minimum absolute atomic E-state index is 0.462. The van der Waals surface area contributed by atoms with E-state index in [0.29, 0.717) is 12.6 Å². The highest BCUT2D eigenvalue weighted by atomic mass is 16.5. The highest BCUT2D eigenvalue weighted by Crippen LogP contribution is 2.26. The molecule has 2 aromatic rings. The molecule has 0 fully saturated rings. The van der Waals surface area contributed by atoms with Crippen LogP contribution in [0.15, 0.2) is 24.3 Å². The Balaban J connectivity index is 2.70. The molecule has 0 saturated heterocycles. The van der Waals surface area contributed by atoms with Crippen molar-refractivity contribution in [3.05, 3.63) is 35.5 Å². The van der Waals surface area contributed by atoms with Crippen LogP contribution in [0.4, 0.5) is 0 Å². The first-order valence-electron chi connectivity index (χ1n) is 5.73. The minimum atomic E-state index is 0.462. The van der Waals surface area contributed by atoms with Crippen LogP contribution in [0.1, 0.15) is 31.1 Å². The van der Waals surface area contributed by atoms with Gasteiger partial charge in [0, 0.05) is 29.7 Å². The van der Waals surface area contributed by atoms with E-state index in [2.05, 4.69) is 49.6 Å². The monoisotopic (exact) mass is 217 g/mol. The molecule has 0 saturated carbocycles. The quantitative estimate of drug-likeness (QED) is 0.765. The summed E-state index contributed by atoms with van der Waals surface area (Å²) >= 11 is 0. The average Bonchev–Trinajstić information content (AvgIpc) is 2.58. The Morgan fingerprint density at radius 1 is 1.31 bits per heavy atom. The van der Waals surface area contributed by atoms with Gasteiger partial charge < -0.3 is 9.30 Å². The van der Waals surface area contributed by atoms with Crippen molar-refractivity contribution < 1.29 is 4.74 Å². The highest BCUT2D eigenvalue weighted by molar-refractivity contribution is 5.84. The van der Waals surface area contributed by atoms with Crippen molar-refractivity contribution >= 4 is 10.9 Å². The van der Waals surface area contributed by atoms with Gasteiger partial charge in [0.1, 0.15) is 0 Å². The lowest BCUT2D eigenvalue weighted by atomic mass is 10.1. The summed E-state index contributed by atoms with van der Waals surface area (Å²) in [7, 11) is 1.75. The van der Waals surface area contributed by atoms with Crippen molar-refractivity contribution in [3.63, 3.8) is 0 Å². The zero-order valence-electron chi connectivity index (χ0n) is 10.4. The van der Waals surface area contributed by atoms with E-state index in [1.54, 1.807) is 7.11 Å². The van der Waals surface area contributed by atoms with Gasteiger partial charge >= 0.3 is 0 Å². The van der Waals surface area contributed by atoms with Crippen molar-refractivity contribution in [3.8, 4) is 0 Å². The standard InChI is InChI=1S/C14H19NO/c1-10(2)15-12(9-16-4)8-13-11(3)6-5-7-14(13)15/h5-8,10H,9H2,1-4H3. The average molecular weight is 217 g/mol. The zero-order valence-corrected chi connectivity index (χ0v) is 10.4. The summed E-state index contributed by atoms with van der Waals surface area (Å²) in [6, 6.07) is 9.16. The smallest absolute Gasteiger partial charge is 0.0864 e. The van der Waals surface area contributed by atoms with Gasteiger partial charge in [-0.15, -0.1) is 0 Å². The fourth-order valence-corrected chi connectivity index (χ4v) is 2.32. The molecule has 0 aliphatic rings. The zero-order chi connectivity index (χ0) is 11.7. The van der Waals surface area contributed by atoms with Crippen LogP contribution in [0.5, 0.6) is 0 Å². The Labute approximate surface area is 96.8 Å². The number of nitrogens with zero attached hydrogens (tertiary/aromatic N) is 1. The van der Waals surface area contributed by atoms with Crippen LogP contribution in [0, 0.1) is 6.92 Å². The second-order valence-electron chi connectivity index (χ2n) is 4.54. The maximum absolute atomic E-state index is 5.27. The van der Waals surface area contributed by atoms with E-state index in [9.17, 15) is 0 Å². The van der Waals surface area contributed by atoms with Gasteiger partial charge in [0.15, 0.2) is 0 Å². The Bertz CT molecular complexity index is 497. The first-order valence-corrected chi connectivity index (χ1v) is 5.73. The third-order valence-corrected chi connectivity index (χ3v) is 2.99. The van der Waals surface area contributed by atoms with Gasteiger partial charge in [-0.2, -0.15) is 0 Å². The summed E-state index contributed by atoms with van der Waals surface area (Å²) in [6.45, 7) is 7.25. The van der Waals surface area contributed by atoms with Gasteiger partial charge in [-0.05, 0) is 38.5 Å². The van der Waals surface area contributed by atoms with Crippen LogP contribution < -0.4 is 0 Å². The minimum Gasteiger partial charge on any atom is -0.378 e. The second-order valence-corrected chi connectivity index (χ2v) is 4.54. The molecule has 2 nitrogen and oxygen atoms in total. The van der Waals surface area contributed by atoms with Gasteiger partial charge in [0.2, 0.25) is 0 Å². The molecule has 0 spiro atoms. The van der Waals surface area contributed by atoms with Crippen LogP contribution in [0.25, 0.3) is 10.9 Å². The largest absolute Gasteiger partial charge is 0.378 e. The summed E-state index contributed by atoms with van der Waals surface area (Å²) in [5.74, 6) is 0. The van der Waals surface area contributed by atoms with E-state index in [4.69, 9.17) is 4.74 Å². The maximum Gasteiger partial charge on any atom is 0.0864 e. The fraction of sp³-hybridized carbons (Fsp3) is 0.429. The topological polar surface area (TPSA) is 14.2 Å². The van der Waals surface area contributed by atoms with Crippen LogP contribution in [-0.2, 0) is 11.3 Å². The van der Waals surface area contributed by atoms with Crippen molar-refractivity contribution in [2.45, 2.75) is 33.4 Å². The molecule has 0 aliphatic carbocycles. The fourth-order valence-electron chi connectivity index (χ4n) is 2.32. The number of benzene rings is 1. The number of ether oxygens (including phenoxy) is 1. The van der Waals surface area contributed by atoms with E-state index >= 15 is 0 Å². The number of fused-ring (bicyclic) bond motifs is 1. The van der Waals surface area contributed by atoms with Crippen LogP contribution in [0.2, 0.25) is 0 Å². The second kappa shape index (κ2) is 4.30. The molecule has 2 rings (SSSR count). The number of hydrogen-bond acceptors (Lipinski definition) is 1. The molecule has 1 heterocycles. The number of rotatable bonds is 3. The lowest BCUT2D eigenvalue weighted by molar-refractivity contribution is 0.177. The summed E-state index contributed by atoms with van der Waals surface area (Å²) in [5, 5.41) is 1.34. The first kappa shape index (κ1) is 11.2. The van der Waals surface area contributed by atoms with E-state index in [1.807, 2.05) is 0 Å². The molecule has 0 aliphatic heterocycles. The van der Waals surface area contributed by atoms with Gasteiger partial charge in [-0.1, -0.05) is 12.1 Å². The van der Waals surface area contributed by atoms with E-state index in [0.717, 1.165) is 0 Å². The Morgan fingerprint density at radius 3 is 2.69 bits per heavy atom. The molecule has 1 aromatic heterocycles. The predicted molar refractivity (Wildman–Crippen MR) is 67.8 cm³/mol. The molecule has 2 heteroatoms. The summed E-state index contributed by atoms with van der Waals surface area (Å²) in [4.78, 5) is 0. The number of aromatic nitrogens is 1. The van der Waals surface area contributed by atoms with Crippen molar-refractivity contribution in [1.82, 2.24) is 4.57 Å². The van der Waals surface area contributed by atoms with E-state index in [-0.39, 0.29) is 0 Å². The van der Waals surface area contributed by atoms with Gasteiger partial charge in [-0.25, -0.2) is 0 Å². The molecular weight excluding hydrogens is 198 g/mol. The van der Waals surface area contributed by atoms with Gasteiger partial charge in [0.05, 0.1) is 6.61 Å². The van der Waals surface area contributed by atoms with Crippen LogP contribution in [-0.4, -0.2) is 11.7 Å². The molecule has 0 amide bonds. The first-order chi connectivity index (χ1) is 7.65. The highest BCUT2D eigenvalue weighted by Gasteiger charge is 2.11. The Morgan fingerprint density at radius 2 is 2.06 bits per heavy atom. The van der Waals surface area contributed by atoms with E-state index in [1.165, 1.54) is 22.2 Å². The summed E-state index contributed by atoms with van der Waals surface area (Å²) < 4.78 is 7.62. The molecule has 0 N–H and O–H groups in total. The van der Waals surface area contributed by atoms with Gasteiger partial charge in [0.25, 0.3) is 0 Å². The number of aryl methyl sites for hydroxylation is 1. The number of methoxy groups -OCH3 is 1. The Hall–Kier alpha value is -1.28. The Kier molecular flexibility index (Phi) is 3.01. The molecule has 0 bridgehead atoms. The SMILES string of the molecule is COCc1cc2c(C)cccc2n1C(C)C. The van der Waals surface area contributed by atoms with E-state index < -0.39 is 0 Å². The molecule has 0 unspecified atom stereocenters. The predicted octanol–water partition coefficient (Wildman–Crippen LogP) is 3.68. The molecule has 0 atom stereocenters. The van der Waals surface area contributed by atoms with Crippen LogP contribution >= 0.6 is 0 Å². The lowest BCUT2D eigenvalue weighted by Crippen LogP contribution is -2.05. The van der Waals surface area contributed by atoms with Gasteiger partial charge in [-0.3, -0.25) is 0 Å². The summed E-state index contributed by atoms with van der Waals surface area (Å²) in [6.07, 6.45) is 0. The number of hydrogen-bond donors (Lipinski definition) is 0. The molecular formula is C14H19NO. The normalized spacial score (nSPS) is 11.6. The third kappa shape index (κ3) is 1.74. The van der Waals surface area contributed by atoms with Crippen molar-refractivity contribution in [2.75, 3.05) is 7.11 Å². The maximum atomic E-state index is 5.27. The van der Waals surface area contributed by atoms with Crippen molar-refractivity contribution in [1.29, 1.82) is 0 Å². The third-order valence-electron chi connectivity index (χ3n) is 2.99. The van der Waals surface area contributed by atoms with Crippen molar-refractivity contribution in [2.24, 2.45) is 0 Å².